The van der Waals surface area contributed by atoms with Crippen LogP contribution in [0.25, 0.3) is 5.69 Å². The zero-order chi connectivity index (χ0) is 22.2. The topological polar surface area (TPSA) is 46.9 Å². The number of rotatable bonds is 5. The maximum atomic E-state index is 13.2. The molecule has 1 unspecified atom stereocenters. The molecule has 0 spiro atoms. The molecule has 0 saturated heterocycles. The third-order valence-corrected chi connectivity index (χ3v) is 5.86. The van der Waals surface area contributed by atoms with Crippen molar-refractivity contribution in [2.45, 2.75) is 44.8 Å². The lowest BCUT2D eigenvalue weighted by Crippen LogP contribution is -2.28. The highest BCUT2D eigenvalue weighted by Gasteiger charge is 2.35. The summed E-state index contributed by atoms with van der Waals surface area (Å²) >= 11 is 5.88. The number of carbonyl (C=O) groups excluding carboxylic acids is 1. The van der Waals surface area contributed by atoms with Crippen LogP contribution in [0.1, 0.15) is 47.3 Å². The second-order valence-electron chi connectivity index (χ2n) is 7.73. The van der Waals surface area contributed by atoms with Crippen molar-refractivity contribution in [1.29, 1.82) is 0 Å². The predicted molar refractivity (Wildman–Crippen MR) is 112 cm³/mol. The molecular weight excluding hydrogens is 427 g/mol. The average Bonchev–Trinajstić information content (AvgIpc) is 3.38. The Labute approximate surface area is 183 Å². The molecule has 31 heavy (non-hydrogen) atoms. The van der Waals surface area contributed by atoms with Crippen LogP contribution in [0.2, 0.25) is 5.02 Å². The van der Waals surface area contributed by atoms with Gasteiger partial charge in [-0.2, -0.15) is 18.3 Å². The number of aryl methyl sites for hydroxylation is 2. The molecule has 1 amide bonds. The average molecular weight is 448 g/mol. The number of nitrogens with zero attached hydrogens (tertiary/aromatic N) is 2. The lowest BCUT2D eigenvalue weighted by atomic mass is 9.96. The van der Waals surface area contributed by atoms with E-state index in [-0.39, 0.29) is 18.1 Å². The number of nitrogens with one attached hydrogen (secondary N) is 1. The van der Waals surface area contributed by atoms with Gasteiger partial charge in [0, 0.05) is 5.02 Å². The van der Waals surface area contributed by atoms with Gasteiger partial charge in [-0.05, 0) is 73.2 Å². The molecule has 4 nitrogen and oxygen atoms in total. The first-order chi connectivity index (χ1) is 14.7. The molecule has 1 N–H and O–H groups in total. The van der Waals surface area contributed by atoms with Crippen LogP contribution in [-0.4, -0.2) is 15.7 Å². The SMILES string of the molecule is CC(C(=O)NCc1cc(C(F)(F)F)nn1-c1ccc(Cl)cc1)c1ccc2c(c1)CCC2. The Morgan fingerprint density at radius 3 is 2.55 bits per heavy atom. The molecule has 1 heterocycles. The van der Waals surface area contributed by atoms with Crippen LogP contribution in [0, 0.1) is 0 Å². The molecule has 1 atom stereocenters. The molecule has 162 valence electrons. The lowest BCUT2D eigenvalue weighted by Gasteiger charge is -2.14. The third-order valence-electron chi connectivity index (χ3n) is 5.60. The molecule has 0 fully saturated rings. The summed E-state index contributed by atoms with van der Waals surface area (Å²) in [7, 11) is 0. The van der Waals surface area contributed by atoms with Crippen molar-refractivity contribution in [3.05, 3.63) is 81.6 Å². The van der Waals surface area contributed by atoms with Gasteiger partial charge in [0.15, 0.2) is 5.69 Å². The van der Waals surface area contributed by atoms with Gasteiger partial charge in [-0.3, -0.25) is 4.79 Å². The van der Waals surface area contributed by atoms with Crippen molar-refractivity contribution in [3.63, 3.8) is 0 Å². The Morgan fingerprint density at radius 2 is 1.84 bits per heavy atom. The lowest BCUT2D eigenvalue weighted by molar-refractivity contribution is -0.141. The quantitative estimate of drug-likeness (QED) is 0.565. The minimum atomic E-state index is -4.59. The molecule has 3 aromatic rings. The van der Waals surface area contributed by atoms with Crippen molar-refractivity contribution in [2.75, 3.05) is 0 Å². The van der Waals surface area contributed by atoms with Crippen molar-refractivity contribution in [3.8, 4) is 5.69 Å². The van der Waals surface area contributed by atoms with E-state index in [9.17, 15) is 18.0 Å². The van der Waals surface area contributed by atoms with Gasteiger partial charge in [0.1, 0.15) is 0 Å². The summed E-state index contributed by atoms with van der Waals surface area (Å²) in [6.07, 6.45) is -1.39. The van der Waals surface area contributed by atoms with Gasteiger partial charge in [0.05, 0.1) is 23.8 Å². The van der Waals surface area contributed by atoms with E-state index in [0.29, 0.717) is 10.7 Å². The summed E-state index contributed by atoms with van der Waals surface area (Å²) in [5, 5.41) is 6.92. The van der Waals surface area contributed by atoms with Gasteiger partial charge in [-0.15, -0.1) is 0 Å². The van der Waals surface area contributed by atoms with E-state index in [0.717, 1.165) is 30.9 Å². The van der Waals surface area contributed by atoms with E-state index in [1.54, 1.807) is 31.2 Å². The summed E-state index contributed by atoms with van der Waals surface area (Å²) < 4.78 is 40.9. The number of carbonyl (C=O) groups is 1. The number of amides is 1. The molecule has 2 aromatic carbocycles. The molecule has 1 aliphatic rings. The number of benzene rings is 2. The first-order valence-corrected chi connectivity index (χ1v) is 10.4. The van der Waals surface area contributed by atoms with Crippen molar-refractivity contribution in [1.82, 2.24) is 15.1 Å². The fourth-order valence-corrected chi connectivity index (χ4v) is 3.96. The van der Waals surface area contributed by atoms with Crippen LogP contribution in [0.15, 0.2) is 48.5 Å². The van der Waals surface area contributed by atoms with Crippen LogP contribution in [-0.2, 0) is 30.4 Å². The van der Waals surface area contributed by atoms with Crippen LogP contribution >= 0.6 is 11.6 Å². The number of hydrogen-bond donors (Lipinski definition) is 1. The number of hydrogen-bond acceptors (Lipinski definition) is 2. The van der Waals surface area contributed by atoms with Crippen molar-refractivity contribution < 1.29 is 18.0 Å². The predicted octanol–water partition coefficient (Wildman–Crippen LogP) is 5.45. The van der Waals surface area contributed by atoms with Gasteiger partial charge >= 0.3 is 6.18 Å². The van der Waals surface area contributed by atoms with E-state index in [1.165, 1.54) is 15.8 Å². The maximum absolute atomic E-state index is 13.2. The Hall–Kier alpha value is -2.80. The zero-order valence-electron chi connectivity index (χ0n) is 16.8. The molecule has 1 aliphatic carbocycles. The highest BCUT2D eigenvalue weighted by atomic mass is 35.5. The standard InChI is InChI=1S/C23H21ClF3N3O/c1-14(16-6-5-15-3-2-4-17(15)11-16)22(31)28-13-20-12-21(23(25,26)27)29-30(20)19-9-7-18(24)8-10-19/h5-12,14H,2-4,13H2,1H3,(H,28,31). The van der Waals surface area contributed by atoms with Gasteiger partial charge < -0.3 is 5.32 Å². The summed E-state index contributed by atoms with van der Waals surface area (Å²) in [5.74, 6) is -0.671. The van der Waals surface area contributed by atoms with E-state index in [1.807, 2.05) is 6.07 Å². The normalized spacial score (nSPS) is 14.4. The summed E-state index contributed by atoms with van der Waals surface area (Å²) in [6.45, 7) is 1.71. The largest absolute Gasteiger partial charge is 0.435 e. The second kappa shape index (κ2) is 8.38. The van der Waals surface area contributed by atoms with E-state index in [4.69, 9.17) is 11.6 Å². The molecule has 8 heteroatoms. The van der Waals surface area contributed by atoms with E-state index < -0.39 is 17.8 Å². The molecule has 4 rings (SSSR count). The highest BCUT2D eigenvalue weighted by molar-refractivity contribution is 6.30. The van der Waals surface area contributed by atoms with Crippen LogP contribution in [0.3, 0.4) is 0 Å². The minimum absolute atomic E-state index is 0.0835. The Balaban J connectivity index is 1.53. The third kappa shape index (κ3) is 4.61. The molecule has 0 bridgehead atoms. The van der Waals surface area contributed by atoms with Gasteiger partial charge in [-0.25, -0.2) is 4.68 Å². The van der Waals surface area contributed by atoms with Crippen LogP contribution in [0.5, 0.6) is 0 Å². The van der Waals surface area contributed by atoms with Gasteiger partial charge in [-0.1, -0.05) is 29.8 Å². The molecular formula is C23H21ClF3N3O. The number of halogens is 4. The molecule has 0 radical (unpaired) electrons. The minimum Gasteiger partial charge on any atom is -0.350 e. The number of fused-ring (bicyclic) bond motifs is 1. The Bertz CT molecular complexity index is 1110. The number of alkyl halides is 3. The van der Waals surface area contributed by atoms with E-state index in [2.05, 4.69) is 22.5 Å². The fourth-order valence-electron chi connectivity index (χ4n) is 3.83. The zero-order valence-corrected chi connectivity index (χ0v) is 17.6. The summed E-state index contributed by atoms with van der Waals surface area (Å²) in [6, 6.07) is 13.3. The first-order valence-electron chi connectivity index (χ1n) is 10.0. The van der Waals surface area contributed by atoms with Gasteiger partial charge in [0.25, 0.3) is 0 Å². The summed E-state index contributed by atoms with van der Waals surface area (Å²) in [5.41, 5.74) is 3.13. The second-order valence-corrected chi connectivity index (χ2v) is 8.16. The highest BCUT2D eigenvalue weighted by Crippen LogP contribution is 2.30. The summed E-state index contributed by atoms with van der Waals surface area (Å²) in [4.78, 5) is 12.7. The molecule has 0 saturated carbocycles. The first kappa shape index (κ1) is 21.4. The monoisotopic (exact) mass is 447 g/mol. The maximum Gasteiger partial charge on any atom is 0.435 e. The van der Waals surface area contributed by atoms with Gasteiger partial charge in [0.2, 0.25) is 5.91 Å². The van der Waals surface area contributed by atoms with Crippen molar-refractivity contribution in [2.24, 2.45) is 0 Å². The Kier molecular flexibility index (Phi) is 5.79. The van der Waals surface area contributed by atoms with Crippen LogP contribution < -0.4 is 5.32 Å². The Morgan fingerprint density at radius 1 is 1.13 bits per heavy atom. The van der Waals surface area contributed by atoms with Crippen molar-refractivity contribution >= 4 is 17.5 Å². The molecule has 0 aliphatic heterocycles. The fraction of sp³-hybridized carbons (Fsp3) is 0.304. The van der Waals surface area contributed by atoms with E-state index >= 15 is 0 Å². The van der Waals surface area contributed by atoms with Crippen LogP contribution in [0.4, 0.5) is 13.2 Å². The number of aromatic nitrogens is 2. The smallest absolute Gasteiger partial charge is 0.350 e. The molecule has 1 aromatic heterocycles.